The molecular weight excluding hydrogens is 180 g/mol. The molecule has 0 aromatic rings. The van der Waals surface area contributed by atoms with E-state index in [1.165, 1.54) is 32.9 Å². The molecule has 1 heterocycles. The Morgan fingerprint density at radius 3 is 2.36 bits per heavy atom. The molecule has 1 fully saturated rings. The predicted octanol–water partition coefficient (Wildman–Crippen LogP) is 0.142. The second-order valence-corrected chi connectivity index (χ2v) is 3.18. The van der Waals surface area contributed by atoms with Crippen molar-refractivity contribution < 1.29 is 9.90 Å². The van der Waals surface area contributed by atoms with Gasteiger partial charge in [0.1, 0.15) is 0 Å². The maximum Gasteiger partial charge on any atom is 0.0635 e. The highest BCUT2D eigenvalue weighted by atomic mass is 16.4. The molecule has 1 rings (SSSR count). The average molecular weight is 197 g/mol. The Hall–Kier alpha value is -1.08. The number of hydrogen-bond donors (Lipinski definition) is 0. The van der Waals surface area contributed by atoms with E-state index in [0.29, 0.717) is 6.42 Å². The Morgan fingerprint density at radius 1 is 1.50 bits per heavy atom. The molecule has 1 aliphatic rings. The molecule has 1 saturated heterocycles. The minimum absolute atomic E-state index is 0.111. The monoisotopic (exact) mass is 197 g/mol. The van der Waals surface area contributed by atoms with Crippen molar-refractivity contribution in [2.24, 2.45) is 0 Å². The van der Waals surface area contributed by atoms with Gasteiger partial charge >= 0.3 is 0 Å². The van der Waals surface area contributed by atoms with Crippen LogP contribution >= 0.6 is 0 Å². The van der Waals surface area contributed by atoms with Gasteiger partial charge in [-0.3, -0.25) is 0 Å². The zero-order valence-electron chi connectivity index (χ0n) is 8.66. The fourth-order valence-electron chi connectivity index (χ4n) is 1.21. The van der Waals surface area contributed by atoms with Gasteiger partial charge in [-0.05, 0) is 32.4 Å². The highest BCUT2D eigenvalue weighted by molar-refractivity contribution is 5.63. The minimum Gasteiger partial charge on any atom is -0.550 e. The molecule has 0 atom stereocenters. The minimum atomic E-state index is -0.995. The summed E-state index contributed by atoms with van der Waals surface area (Å²) in [5.74, 6) is -0.995. The lowest BCUT2D eigenvalue weighted by molar-refractivity contribution is -0.305. The van der Waals surface area contributed by atoms with Gasteiger partial charge in [-0.25, -0.2) is 0 Å². The van der Waals surface area contributed by atoms with E-state index in [1.54, 1.807) is 0 Å². The van der Waals surface area contributed by atoms with Gasteiger partial charge in [-0.1, -0.05) is 6.92 Å². The second-order valence-electron chi connectivity index (χ2n) is 3.18. The maximum absolute atomic E-state index is 9.26. The quantitative estimate of drug-likeness (QED) is 0.645. The fourth-order valence-corrected chi connectivity index (χ4v) is 1.21. The highest BCUT2D eigenvalue weighted by Crippen LogP contribution is 2.06. The number of nitrogens with zero attached hydrogens (tertiary/aromatic N) is 2. The van der Waals surface area contributed by atoms with Gasteiger partial charge in [-0.2, -0.15) is 5.26 Å². The molecule has 0 aromatic heterocycles. The maximum atomic E-state index is 9.26. The van der Waals surface area contributed by atoms with Crippen molar-refractivity contribution in [1.82, 2.24) is 4.90 Å². The van der Waals surface area contributed by atoms with Crippen molar-refractivity contribution in [1.29, 1.82) is 5.26 Å². The first-order chi connectivity index (χ1) is 6.70. The summed E-state index contributed by atoms with van der Waals surface area (Å²) in [5.41, 5.74) is 0. The van der Waals surface area contributed by atoms with Crippen molar-refractivity contribution in [2.75, 3.05) is 19.6 Å². The Bertz CT molecular complexity index is 193. The van der Waals surface area contributed by atoms with Crippen LogP contribution in [0.25, 0.3) is 0 Å². The van der Waals surface area contributed by atoms with Gasteiger partial charge in [0.2, 0.25) is 0 Å². The molecule has 4 nitrogen and oxygen atoms in total. The number of rotatable bonds is 3. The van der Waals surface area contributed by atoms with Gasteiger partial charge in [0.25, 0.3) is 0 Å². The van der Waals surface area contributed by atoms with Crippen LogP contribution in [0.3, 0.4) is 0 Å². The summed E-state index contributed by atoms with van der Waals surface area (Å²) in [6.45, 7) is 4.94. The number of carbonyl (C=O) groups is 1. The first-order valence-corrected chi connectivity index (χ1v) is 4.99. The summed E-state index contributed by atoms with van der Waals surface area (Å²) < 4.78 is 0. The number of carboxylic acid groups (broad SMARTS) is 1. The van der Waals surface area contributed by atoms with E-state index < -0.39 is 5.97 Å². The molecule has 0 spiro atoms. The number of aliphatic carboxylic acids is 1. The van der Waals surface area contributed by atoms with Crippen LogP contribution in [0.2, 0.25) is 0 Å². The van der Waals surface area contributed by atoms with Crippen LogP contribution in [0, 0.1) is 11.3 Å². The molecule has 14 heavy (non-hydrogen) atoms. The normalized spacial score (nSPS) is 15.4. The molecule has 0 radical (unpaired) electrons. The van der Waals surface area contributed by atoms with Crippen LogP contribution in [-0.2, 0) is 4.79 Å². The molecule has 0 aromatic carbocycles. The summed E-state index contributed by atoms with van der Waals surface area (Å²) in [5, 5.41) is 17.5. The molecule has 0 aliphatic carbocycles. The first kappa shape index (κ1) is 12.9. The van der Waals surface area contributed by atoms with E-state index in [2.05, 4.69) is 11.0 Å². The lowest BCUT2D eigenvalue weighted by Gasteiger charge is -2.10. The standard InChI is InChI=1S/C7H12N2.C3H6O2/c8-4-3-7-9-5-1-2-6-9;1-2-3(4)5/h1-3,5-7H2;2H2,1H3,(H,4,5)/p-1. The lowest BCUT2D eigenvalue weighted by Crippen LogP contribution is -2.19. The Labute approximate surface area is 85.1 Å². The fraction of sp³-hybridized carbons (Fsp3) is 0.800. The summed E-state index contributed by atoms with van der Waals surface area (Å²) >= 11 is 0. The second kappa shape index (κ2) is 8.52. The number of carboxylic acids is 1. The molecule has 0 amide bonds. The molecular formula is C10H17N2O2-. The van der Waals surface area contributed by atoms with Crippen LogP contribution < -0.4 is 5.11 Å². The van der Waals surface area contributed by atoms with Crippen LogP contribution in [0.5, 0.6) is 0 Å². The van der Waals surface area contributed by atoms with Crippen LogP contribution in [0.15, 0.2) is 0 Å². The zero-order valence-corrected chi connectivity index (χ0v) is 8.66. The van der Waals surface area contributed by atoms with Crippen molar-refractivity contribution >= 4 is 5.97 Å². The number of hydrogen-bond acceptors (Lipinski definition) is 4. The van der Waals surface area contributed by atoms with Gasteiger partial charge < -0.3 is 14.8 Å². The third kappa shape index (κ3) is 7.56. The summed E-state index contributed by atoms with van der Waals surface area (Å²) in [7, 11) is 0. The highest BCUT2D eigenvalue weighted by Gasteiger charge is 2.09. The Kier molecular flexibility index (Phi) is 7.86. The molecule has 80 valence electrons. The van der Waals surface area contributed by atoms with Crippen LogP contribution in [0.4, 0.5) is 0 Å². The Balaban J connectivity index is 0.000000292. The van der Waals surface area contributed by atoms with E-state index in [4.69, 9.17) is 5.26 Å². The van der Waals surface area contributed by atoms with E-state index in [1.807, 2.05) is 0 Å². The van der Waals surface area contributed by atoms with E-state index in [-0.39, 0.29) is 6.42 Å². The number of likely N-dealkylation sites (tertiary alicyclic amines) is 1. The first-order valence-electron chi connectivity index (χ1n) is 4.99. The summed E-state index contributed by atoms with van der Waals surface area (Å²) in [6, 6.07) is 2.15. The van der Waals surface area contributed by atoms with Gasteiger partial charge in [0.05, 0.1) is 6.07 Å². The number of carbonyl (C=O) groups excluding carboxylic acids is 1. The smallest absolute Gasteiger partial charge is 0.0635 e. The van der Waals surface area contributed by atoms with Crippen molar-refractivity contribution in [3.8, 4) is 6.07 Å². The topological polar surface area (TPSA) is 67.2 Å². The van der Waals surface area contributed by atoms with Crippen molar-refractivity contribution in [3.63, 3.8) is 0 Å². The molecule has 0 bridgehead atoms. The third-order valence-corrected chi connectivity index (χ3v) is 2.03. The molecule has 0 N–H and O–H groups in total. The van der Waals surface area contributed by atoms with Crippen molar-refractivity contribution in [2.45, 2.75) is 32.6 Å². The SMILES string of the molecule is CCC(=O)[O-].N#CCCN1CCCC1. The van der Waals surface area contributed by atoms with Crippen molar-refractivity contribution in [3.05, 3.63) is 0 Å². The molecule has 0 unspecified atom stereocenters. The lowest BCUT2D eigenvalue weighted by atomic mass is 10.4. The molecule has 1 aliphatic heterocycles. The predicted molar refractivity (Wildman–Crippen MR) is 51.2 cm³/mol. The zero-order chi connectivity index (χ0) is 10.8. The summed E-state index contributed by atoms with van der Waals surface area (Å²) in [6.07, 6.45) is 3.46. The largest absolute Gasteiger partial charge is 0.550 e. The summed E-state index contributed by atoms with van der Waals surface area (Å²) in [4.78, 5) is 11.6. The molecule has 0 saturated carbocycles. The molecule has 4 heteroatoms. The number of nitriles is 1. The van der Waals surface area contributed by atoms with Gasteiger partial charge in [0.15, 0.2) is 0 Å². The van der Waals surface area contributed by atoms with Crippen LogP contribution in [0.1, 0.15) is 32.6 Å². The van der Waals surface area contributed by atoms with E-state index in [0.717, 1.165) is 6.54 Å². The Morgan fingerprint density at radius 2 is 2.00 bits per heavy atom. The van der Waals surface area contributed by atoms with Gasteiger partial charge in [0, 0.05) is 18.9 Å². The van der Waals surface area contributed by atoms with E-state index >= 15 is 0 Å². The third-order valence-electron chi connectivity index (χ3n) is 2.03. The average Bonchev–Trinajstić information content (AvgIpc) is 2.68. The van der Waals surface area contributed by atoms with Gasteiger partial charge in [-0.15, -0.1) is 0 Å². The van der Waals surface area contributed by atoms with E-state index in [9.17, 15) is 9.90 Å². The van der Waals surface area contributed by atoms with Crippen LogP contribution in [-0.4, -0.2) is 30.5 Å².